The Morgan fingerprint density at radius 3 is 2.93 bits per heavy atom. The second-order valence-corrected chi connectivity index (χ2v) is 4.23. The molecule has 2 heteroatoms. The largest absolute Gasteiger partial charge is 0.366 e. The summed E-state index contributed by atoms with van der Waals surface area (Å²) < 4.78 is 0. The summed E-state index contributed by atoms with van der Waals surface area (Å²) in [5, 5.41) is 3.43. The maximum atomic E-state index is 3.43. The minimum atomic E-state index is 0.603. The van der Waals surface area contributed by atoms with Crippen molar-refractivity contribution in [2.45, 2.75) is 26.3 Å². The fraction of sp³-hybridized carbons (Fsp3) is 0.538. The maximum Gasteiger partial charge on any atom is 0.0401 e. The molecule has 15 heavy (non-hydrogen) atoms. The van der Waals surface area contributed by atoms with Crippen LogP contribution in [-0.2, 0) is 6.42 Å². The predicted molar refractivity (Wildman–Crippen MR) is 65.5 cm³/mol. The van der Waals surface area contributed by atoms with Crippen molar-refractivity contribution in [3.05, 3.63) is 29.8 Å². The number of nitrogens with one attached hydrogen (secondary N) is 1. The number of rotatable bonds is 2. The number of anilines is 1. The van der Waals surface area contributed by atoms with Gasteiger partial charge in [0, 0.05) is 31.4 Å². The van der Waals surface area contributed by atoms with E-state index in [1.54, 1.807) is 0 Å². The van der Waals surface area contributed by atoms with Crippen LogP contribution in [0.4, 0.5) is 5.69 Å². The molecule has 0 aromatic heterocycles. The highest BCUT2D eigenvalue weighted by Gasteiger charge is 2.19. The van der Waals surface area contributed by atoms with Gasteiger partial charge in [0.05, 0.1) is 0 Å². The van der Waals surface area contributed by atoms with Crippen LogP contribution < -0.4 is 10.2 Å². The first-order valence-corrected chi connectivity index (χ1v) is 5.88. The number of benzene rings is 1. The number of hydrogen-bond donors (Lipinski definition) is 1. The fourth-order valence-electron chi connectivity index (χ4n) is 2.29. The van der Waals surface area contributed by atoms with Crippen LogP contribution in [0.2, 0.25) is 0 Å². The first kappa shape index (κ1) is 10.5. The molecule has 2 rings (SSSR count). The third-order valence-corrected chi connectivity index (χ3v) is 3.18. The van der Waals surface area contributed by atoms with E-state index < -0.39 is 0 Å². The first-order valence-electron chi connectivity index (χ1n) is 5.88. The Morgan fingerprint density at radius 2 is 2.20 bits per heavy atom. The van der Waals surface area contributed by atoms with E-state index in [1.165, 1.54) is 11.3 Å². The van der Waals surface area contributed by atoms with Crippen molar-refractivity contribution in [3.8, 4) is 0 Å². The van der Waals surface area contributed by atoms with Gasteiger partial charge in [-0.15, -0.1) is 0 Å². The van der Waals surface area contributed by atoms with E-state index in [0.29, 0.717) is 6.04 Å². The average molecular weight is 204 g/mol. The molecule has 1 fully saturated rings. The number of hydrogen-bond acceptors (Lipinski definition) is 2. The van der Waals surface area contributed by atoms with Gasteiger partial charge in [-0.2, -0.15) is 0 Å². The van der Waals surface area contributed by atoms with E-state index in [2.05, 4.69) is 48.3 Å². The van der Waals surface area contributed by atoms with Gasteiger partial charge in [0.1, 0.15) is 0 Å². The molecule has 1 aromatic rings. The number of aryl methyl sites for hydroxylation is 1. The van der Waals surface area contributed by atoms with Crippen LogP contribution in [0.5, 0.6) is 0 Å². The molecular formula is C13H20N2. The lowest BCUT2D eigenvalue weighted by Gasteiger charge is -2.37. The van der Waals surface area contributed by atoms with Gasteiger partial charge in [0.25, 0.3) is 0 Å². The minimum absolute atomic E-state index is 0.603. The highest BCUT2D eigenvalue weighted by Crippen LogP contribution is 2.23. The Labute approximate surface area is 92.3 Å². The number of para-hydroxylation sites is 1. The fourth-order valence-corrected chi connectivity index (χ4v) is 2.29. The van der Waals surface area contributed by atoms with Gasteiger partial charge < -0.3 is 10.2 Å². The van der Waals surface area contributed by atoms with E-state index in [4.69, 9.17) is 0 Å². The monoisotopic (exact) mass is 204 g/mol. The molecule has 0 bridgehead atoms. The summed E-state index contributed by atoms with van der Waals surface area (Å²) in [4.78, 5) is 2.52. The summed E-state index contributed by atoms with van der Waals surface area (Å²) in [6.45, 7) is 7.84. The van der Waals surface area contributed by atoms with Crippen LogP contribution >= 0.6 is 0 Å². The standard InChI is InChI=1S/C13H20N2/c1-3-12-6-4-5-7-13(12)15-9-8-14-10-11(15)2/h4-7,11,14H,3,8-10H2,1-2H3. The summed E-state index contributed by atoms with van der Waals surface area (Å²) >= 11 is 0. The Hall–Kier alpha value is -1.02. The third-order valence-electron chi connectivity index (χ3n) is 3.18. The van der Waals surface area contributed by atoms with Gasteiger partial charge in [-0.1, -0.05) is 25.1 Å². The predicted octanol–water partition coefficient (Wildman–Crippen LogP) is 2.05. The quantitative estimate of drug-likeness (QED) is 0.793. The first-order chi connectivity index (χ1) is 7.33. The zero-order valence-electron chi connectivity index (χ0n) is 9.66. The topological polar surface area (TPSA) is 15.3 Å². The lowest BCUT2D eigenvalue weighted by atomic mass is 10.1. The molecule has 1 N–H and O–H groups in total. The van der Waals surface area contributed by atoms with Gasteiger partial charge in [0.15, 0.2) is 0 Å². The molecule has 1 heterocycles. The van der Waals surface area contributed by atoms with E-state index in [1.807, 2.05) is 0 Å². The highest BCUT2D eigenvalue weighted by atomic mass is 15.2. The second-order valence-electron chi connectivity index (χ2n) is 4.23. The van der Waals surface area contributed by atoms with Gasteiger partial charge in [-0.3, -0.25) is 0 Å². The molecule has 0 amide bonds. The van der Waals surface area contributed by atoms with Crippen LogP contribution in [0.3, 0.4) is 0 Å². The zero-order valence-corrected chi connectivity index (χ0v) is 9.66. The van der Waals surface area contributed by atoms with Gasteiger partial charge in [-0.05, 0) is 25.0 Å². The normalized spacial score (nSPS) is 21.7. The molecule has 1 saturated heterocycles. The van der Waals surface area contributed by atoms with Crippen molar-refractivity contribution in [3.63, 3.8) is 0 Å². The van der Waals surface area contributed by atoms with Crippen LogP contribution in [0.1, 0.15) is 19.4 Å². The van der Waals surface area contributed by atoms with Gasteiger partial charge in [-0.25, -0.2) is 0 Å². The van der Waals surface area contributed by atoms with E-state index in [-0.39, 0.29) is 0 Å². The van der Waals surface area contributed by atoms with Crippen LogP contribution in [0.25, 0.3) is 0 Å². The third kappa shape index (κ3) is 2.15. The number of piperazine rings is 1. The summed E-state index contributed by atoms with van der Waals surface area (Å²) in [6, 6.07) is 9.37. The van der Waals surface area contributed by atoms with Crippen LogP contribution in [-0.4, -0.2) is 25.7 Å². The molecule has 1 aliphatic rings. The molecule has 1 aliphatic heterocycles. The SMILES string of the molecule is CCc1ccccc1N1CCNCC1C. The lowest BCUT2D eigenvalue weighted by Crippen LogP contribution is -2.50. The smallest absolute Gasteiger partial charge is 0.0401 e. The molecule has 0 aliphatic carbocycles. The van der Waals surface area contributed by atoms with E-state index in [9.17, 15) is 0 Å². The molecule has 82 valence electrons. The number of nitrogens with zero attached hydrogens (tertiary/aromatic N) is 1. The molecule has 1 unspecified atom stereocenters. The second kappa shape index (κ2) is 4.67. The van der Waals surface area contributed by atoms with Crippen molar-refractivity contribution in [1.82, 2.24) is 5.32 Å². The Kier molecular flexibility index (Phi) is 3.27. The molecule has 0 spiro atoms. The van der Waals surface area contributed by atoms with Gasteiger partial charge in [0.2, 0.25) is 0 Å². The molecule has 0 saturated carbocycles. The van der Waals surface area contributed by atoms with E-state index >= 15 is 0 Å². The Balaban J connectivity index is 2.26. The minimum Gasteiger partial charge on any atom is -0.366 e. The summed E-state index contributed by atoms with van der Waals surface area (Å²) in [5.41, 5.74) is 2.89. The van der Waals surface area contributed by atoms with Crippen molar-refractivity contribution < 1.29 is 0 Å². The molecule has 1 atom stereocenters. The van der Waals surface area contributed by atoms with Crippen molar-refractivity contribution in [1.29, 1.82) is 0 Å². The van der Waals surface area contributed by atoms with Crippen molar-refractivity contribution in [2.75, 3.05) is 24.5 Å². The Morgan fingerprint density at radius 1 is 1.40 bits per heavy atom. The van der Waals surface area contributed by atoms with Crippen molar-refractivity contribution in [2.24, 2.45) is 0 Å². The summed E-state index contributed by atoms with van der Waals surface area (Å²) in [6.07, 6.45) is 1.12. The lowest BCUT2D eigenvalue weighted by molar-refractivity contribution is 0.500. The zero-order chi connectivity index (χ0) is 10.7. The van der Waals surface area contributed by atoms with E-state index in [0.717, 1.165) is 26.1 Å². The Bertz CT molecular complexity index is 322. The molecule has 0 radical (unpaired) electrons. The maximum absolute atomic E-state index is 3.43. The summed E-state index contributed by atoms with van der Waals surface area (Å²) in [5.74, 6) is 0. The molecule has 2 nitrogen and oxygen atoms in total. The average Bonchev–Trinajstić information content (AvgIpc) is 2.30. The molecular weight excluding hydrogens is 184 g/mol. The van der Waals surface area contributed by atoms with Crippen molar-refractivity contribution >= 4 is 5.69 Å². The highest BCUT2D eigenvalue weighted by molar-refractivity contribution is 5.54. The molecule has 1 aromatic carbocycles. The summed E-state index contributed by atoms with van der Waals surface area (Å²) in [7, 11) is 0. The van der Waals surface area contributed by atoms with Crippen LogP contribution in [0, 0.1) is 0 Å². The van der Waals surface area contributed by atoms with Crippen LogP contribution in [0.15, 0.2) is 24.3 Å². The van der Waals surface area contributed by atoms with Gasteiger partial charge >= 0.3 is 0 Å².